The van der Waals surface area contributed by atoms with E-state index >= 15 is 0 Å². The summed E-state index contributed by atoms with van der Waals surface area (Å²) in [5.41, 5.74) is 1.68. The summed E-state index contributed by atoms with van der Waals surface area (Å²) in [6.45, 7) is 1.50. The van der Waals surface area contributed by atoms with Crippen molar-refractivity contribution in [3.8, 4) is 0 Å². The van der Waals surface area contributed by atoms with Gasteiger partial charge in [0.1, 0.15) is 5.82 Å². The Kier molecular flexibility index (Phi) is 3.70. The largest absolute Gasteiger partial charge is 0.420 e. The first-order valence-electron chi connectivity index (χ1n) is 6.54. The number of carbonyl (C=O) groups excluding carboxylic acids is 1. The molecule has 2 aromatic carbocycles. The van der Waals surface area contributed by atoms with Crippen LogP contribution in [0.4, 0.5) is 4.39 Å². The van der Waals surface area contributed by atoms with Crippen molar-refractivity contribution in [1.82, 2.24) is 4.57 Å². The lowest BCUT2D eigenvalue weighted by Gasteiger charge is -2.05. The van der Waals surface area contributed by atoms with Crippen LogP contribution in [0.2, 0.25) is 0 Å². The molecule has 0 bridgehead atoms. The topological polar surface area (TPSA) is 52.2 Å². The highest BCUT2D eigenvalue weighted by Crippen LogP contribution is 2.19. The van der Waals surface area contributed by atoms with E-state index in [9.17, 15) is 14.0 Å². The summed E-state index contributed by atoms with van der Waals surface area (Å²) in [7, 11) is 0. The van der Waals surface area contributed by atoms with Gasteiger partial charge in [-0.15, -0.1) is 0 Å². The van der Waals surface area contributed by atoms with Crippen LogP contribution in [0.25, 0.3) is 11.1 Å². The summed E-state index contributed by atoms with van der Waals surface area (Å²) < 4.78 is 21.0. The quantitative estimate of drug-likeness (QED) is 0.666. The Morgan fingerprint density at radius 2 is 2.05 bits per heavy atom. The van der Waals surface area contributed by atoms with Gasteiger partial charge in [0.05, 0.1) is 12.1 Å². The molecule has 0 saturated heterocycles. The van der Waals surface area contributed by atoms with Crippen molar-refractivity contribution < 1.29 is 13.6 Å². The lowest BCUT2D eigenvalue weighted by molar-refractivity contribution is 0.101. The van der Waals surface area contributed by atoms with Gasteiger partial charge in [-0.3, -0.25) is 9.36 Å². The van der Waals surface area contributed by atoms with Crippen molar-refractivity contribution in [3.05, 3.63) is 68.4 Å². The maximum atomic E-state index is 13.9. The molecule has 1 heterocycles. The predicted octanol–water partition coefficient (Wildman–Crippen LogP) is 3.75. The van der Waals surface area contributed by atoms with E-state index in [2.05, 4.69) is 15.9 Å². The second-order valence-corrected chi connectivity index (χ2v) is 5.84. The zero-order valence-electron chi connectivity index (χ0n) is 11.6. The van der Waals surface area contributed by atoms with E-state index in [4.69, 9.17) is 4.42 Å². The minimum atomic E-state index is -0.585. The molecule has 0 amide bonds. The molecule has 4 nitrogen and oxygen atoms in total. The van der Waals surface area contributed by atoms with Crippen molar-refractivity contribution in [2.75, 3.05) is 0 Å². The van der Waals surface area contributed by atoms with Gasteiger partial charge in [-0.2, -0.15) is 0 Å². The third kappa shape index (κ3) is 2.62. The van der Waals surface area contributed by atoms with Gasteiger partial charge < -0.3 is 4.42 Å². The summed E-state index contributed by atoms with van der Waals surface area (Å²) in [5, 5.41) is 0. The Labute approximate surface area is 133 Å². The molecule has 22 heavy (non-hydrogen) atoms. The molecule has 0 aliphatic carbocycles. The molecule has 6 heteroatoms. The number of benzene rings is 2. The van der Waals surface area contributed by atoms with E-state index in [1.165, 1.54) is 23.6 Å². The van der Waals surface area contributed by atoms with Gasteiger partial charge in [0.2, 0.25) is 0 Å². The molecule has 0 atom stereocenters. The van der Waals surface area contributed by atoms with Crippen LogP contribution in [0.5, 0.6) is 0 Å². The lowest BCUT2D eigenvalue weighted by atomic mass is 10.1. The van der Waals surface area contributed by atoms with Crippen LogP contribution >= 0.6 is 15.9 Å². The second-order valence-electron chi connectivity index (χ2n) is 4.93. The zero-order chi connectivity index (χ0) is 15.9. The number of rotatable bonds is 3. The van der Waals surface area contributed by atoms with Crippen molar-refractivity contribution in [3.63, 3.8) is 0 Å². The van der Waals surface area contributed by atoms with Gasteiger partial charge in [0.15, 0.2) is 11.4 Å². The molecule has 0 aliphatic heterocycles. The molecule has 0 fully saturated rings. The molecular formula is C16H11BrFNO3. The summed E-state index contributed by atoms with van der Waals surface area (Å²) in [6.07, 6.45) is 0. The average molecular weight is 364 g/mol. The van der Waals surface area contributed by atoms with Crippen LogP contribution in [0.15, 0.2) is 50.1 Å². The number of nitrogens with zero attached hydrogens (tertiary/aromatic N) is 1. The highest BCUT2D eigenvalue weighted by molar-refractivity contribution is 9.10. The molecule has 0 spiro atoms. The van der Waals surface area contributed by atoms with E-state index in [-0.39, 0.29) is 12.3 Å². The molecule has 3 aromatic rings. The van der Waals surface area contributed by atoms with Gasteiger partial charge in [-0.25, -0.2) is 9.18 Å². The molecule has 3 rings (SSSR count). The van der Waals surface area contributed by atoms with E-state index in [0.717, 1.165) is 0 Å². The van der Waals surface area contributed by atoms with Crippen LogP contribution < -0.4 is 5.76 Å². The molecule has 0 unspecified atom stereocenters. The predicted molar refractivity (Wildman–Crippen MR) is 83.7 cm³/mol. The number of carbonyl (C=O) groups is 1. The van der Waals surface area contributed by atoms with Gasteiger partial charge in [-0.05, 0) is 37.3 Å². The normalized spacial score (nSPS) is 11.0. The fraction of sp³-hybridized carbons (Fsp3) is 0.125. The van der Waals surface area contributed by atoms with E-state index in [0.29, 0.717) is 26.7 Å². The number of ketones is 1. The molecule has 112 valence electrons. The SMILES string of the molecule is CC(=O)c1ccc2c(c1)oc(=O)n2Cc1ccc(Br)cc1F. The van der Waals surface area contributed by atoms with Crippen LogP contribution in [0.1, 0.15) is 22.8 Å². The van der Waals surface area contributed by atoms with Crippen molar-refractivity contribution in [1.29, 1.82) is 0 Å². The van der Waals surface area contributed by atoms with Gasteiger partial charge in [0.25, 0.3) is 0 Å². The Morgan fingerprint density at radius 3 is 2.73 bits per heavy atom. The molecule has 0 radical (unpaired) electrons. The number of aromatic nitrogens is 1. The summed E-state index contributed by atoms with van der Waals surface area (Å²) in [6, 6.07) is 9.43. The van der Waals surface area contributed by atoms with Gasteiger partial charge >= 0.3 is 5.76 Å². The fourth-order valence-corrected chi connectivity index (χ4v) is 2.59. The minimum Gasteiger partial charge on any atom is -0.408 e. The highest BCUT2D eigenvalue weighted by atomic mass is 79.9. The Morgan fingerprint density at radius 1 is 1.27 bits per heavy atom. The van der Waals surface area contributed by atoms with Crippen LogP contribution in [-0.4, -0.2) is 10.4 Å². The fourth-order valence-electron chi connectivity index (χ4n) is 2.26. The lowest BCUT2D eigenvalue weighted by Crippen LogP contribution is -2.15. The van der Waals surface area contributed by atoms with Gasteiger partial charge in [0, 0.05) is 15.6 Å². The molecular weight excluding hydrogens is 353 g/mol. The number of oxazole rings is 1. The summed E-state index contributed by atoms with van der Waals surface area (Å²) in [5.74, 6) is -1.11. The monoisotopic (exact) mass is 363 g/mol. The molecule has 0 aliphatic rings. The number of hydrogen-bond acceptors (Lipinski definition) is 3. The first-order chi connectivity index (χ1) is 10.5. The smallest absolute Gasteiger partial charge is 0.408 e. The van der Waals surface area contributed by atoms with Crippen LogP contribution in [-0.2, 0) is 6.54 Å². The second kappa shape index (κ2) is 5.53. The number of halogens is 2. The maximum Gasteiger partial charge on any atom is 0.420 e. The maximum absolute atomic E-state index is 13.9. The summed E-state index contributed by atoms with van der Waals surface area (Å²) >= 11 is 3.19. The van der Waals surface area contributed by atoms with Crippen molar-refractivity contribution in [2.24, 2.45) is 0 Å². The third-order valence-electron chi connectivity index (χ3n) is 3.42. The number of fused-ring (bicyclic) bond motifs is 1. The van der Waals surface area contributed by atoms with E-state index in [1.807, 2.05) is 0 Å². The zero-order valence-corrected chi connectivity index (χ0v) is 13.2. The standard InChI is InChI=1S/C16H11BrFNO3/c1-9(20)10-3-5-14-15(6-10)22-16(21)19(14)8-11-2-4-12(17)7-13(11)18/h2-7H,8H2,1H3. The van der Waals surface area contributed by atoms with Crippen LogP contribution in [0.3, 0.4) is 0 Å². The number of Topliss-reactive ketones (excluding diaryl/α,β-unsaturated/α-hetero) is 1. The van der Waals surface area contributed by atoms with Gasteiger partial charge in [-0.1, -0.05) is 22.0 Å². The Hall–Kier alpha value is -2.21. The van der Waals surface area contributed by atoms with Crippen molar-refractivity contribution in [2.45, 2.75) is 13.5 Å². The van der Waals surface area contributed by atoms with E-state index < -0.39 is 11.6 Å². The van der Waals surface area contributed by atoms with Crippen LogP contribution in [0, 0.1) is 5.82 Å². The minimum absolute atomic E-state index is 0.0599. The number of hydrogen-bond donors (Lipinski definition) is 0. The Bertz CT molecular complexity index is 942. The van der Waals surface area contributed by atoms with E-state index in [1.54, 1.807) is 24.3 Å². The summed E-state index contributed by atoms with van der Waals surface area (Å²) in [4.78, 5) is 23.3. The first-order valence-corrected chi connectivity index (χ1v) is 7.33. The average Bonchev–Trinajstić information content (AvgIpc) is 2.77. The van der Waals surface area contributed by atoms with Crippen molar-refractivity contribution >= 4 is 32.8 Å². The third-order valence-corrected chi connectivity index (χ3v) is 3.91. The first kappa shape index (κ1) is 14.7. The highest BCUT2D eigenvalue weighted by Gasteiger charge is 2.13. The molecule has 0 saturated carbocycles. The molecule has 0 N–H and O–H groups in total. The Balaban J connectivity index is 2.09. The molecule has 1 aromatic heterocycles.